The van der Waals surface area contributed by atoms with E-state index in [0.29, 0.717) is 5.92 Å². The smallest absolute Gasteiger partial charge is 0.0386 e. The summed E-state index contributed by atoms with van der Waals surface area (Å²) in [6, 6.07) is 26.1. The lowest BCUT2D eigenvalue weighted by Gasteiger charge is -2.17. The highest BCUT2D eigenvalue weighted by Gasteiger charge is 2.31. The van der Waals surface area contributed by atoms with Crippen LogP contribution in [0.4, 0.5) is 5.69 Å². The number of fused-ring (bicyclic) bond motifs is 3. The molecule has 3 aromatic rings. The molecule has 1 aliphatic carbocycles. The van der Waals surface area contributed by atoms with E-state index in [1.165, 1.54) is 33.5 Å². The molecule has 1 nitrogen and oxygen atoms in total. The molecule has 21 heavy (non-hydrogen) atoms. The van der Waals surface area contributed by atoms with Gasteiger partial charge < -0.3 is 5.32 Å². The van der Waals surface area contributed by atoms with E-state index in [-0.39, 0.29) is 0 Å². The molecule has 0 amide bonds. The fourth-order valence-electron chi connectivity index (χ4n) is 3.47. The summed E-state index contributed by atoms with van der Waals surface area (Å²) in [7, 11) is 2.00. The molecule has 1 atom stereocenters. The first-order valence-electron chi connectivity index (χ1n) is 7.35. The zero-order valence-corrected chi connectivity index (χ0v) is 12.0. The van der Waals surface area contributed by atoms with Crippen molar-refractivity contribution in [3.05, 3.63) is 89.5 Å². The Morgan fingerprint density at radius 1 is 0.714 bits per heavy atom. The van der Waals surface area contributed by atoms with Gasteiger partial charge in [0.05, 0.1) is 0 Å². The van der Waals surface area contributed by atoms with Crippen LogP contribution in [-0.2, 0) is 0 Å². The summed E-state index contributed by atoms with van der Waals surface area (Å²) >= 11 is 0. The van der Waals surface area contributed by atoms with Gasteiger partial charge in [-0.25, -0.2) is 0 Å². The van der Waals surface area contributed by atoms with Crippen LogP contribution in [0.5, 0.6) is 0 Å². The van der Waals surface area contributed by atoms with Crippen LogP contribution in [0.3, 0.4) is 0 Å². The average molecular weight is 271 g/mol. The van der Waals surface area contributed by atoms with Crippen LogP contribution < -0.4 is 5.32 Å². The fraction of sp³-hybridized carbons (Fsp3) is 0.100. The van der Waals surface area contributed by atoms with E-state index in [1.807, 2.05) is 7.05 Å². The minimum Gasteiger partial charge on any atom is -0.388 e. The highest BCUT2D eigenvalue weighted by Crippen LogP contribution is 2.50. The van der Waals surface area contributed by atoms with Crippen LogP contribution in [-0.4, -0.2) is 7.05 Å². The summed E-state index contributed by atoms with van der Waals surface area (Å²) in [5.41, 5.74) is 8.09. The van der Waals surface area contributed by atoms with Crippen molar-refractivity contribution < 1.29 is 0 Å². The molecule has 0 radical (unpaired) electrons. The SMILES string of the molecule is CNc1cccc2c1C(c1ccccc1)c1ccccc1-2. The van der Waals surface area contributed by atoms with Crippen LogP contribution in [0.15, 0.2) is 72.8 Å². The molecule has 1 heteroatoms. The minimum atomic E-state index is 0.320. The van der Waals surface area contributed by atoms with Crippen molar-refractivity contribution in [2.45, 2.75) is 5.92 Å². The molecule has 0 heterocycles. The number of anilines is 1. The molecule has 102 valence electrons. The average Bonchev–Trinajstić information content (AvgIpc) is 2.90. The van der Waals surface area contributed by atoms with Crippen molar-refractivity contribution >= 4 is 5.69 Å². The highest BCUT2D eigenvalue weighted by atomic mass is 14.8. The molecule has 0 saturated heterocycles. The van der Waals surface area contributed by atoms with E-state index < -0.39 is 0 Å². The van der Waals surface area contributed by atoms with Crippen molar-refractivity contribution in [1.82, 2.24) is 0 Å². The van der Waals surface area contributed by atoms with E-state index in [0.717, 1.165) is 0 Å². The fourth-order valence-corrected chi connectivity index (χ4v) is 3.47. The lowest BCUT2D eigenvalue weighted by molar-refractivity contribution is 1.02. The molecular weight excluding hydrogens is 254 g/mol. The van der Waals surface area contributed by atoms with Crippen LogP contribution in [0, 0.1) is 0 Å². The first-order valence-corrected chi connectivity index (χ1v) is 7.35. The van der Waals surface area contributed by atoms with Crippen LogP contribution >= 0.6 is 0 Å². The number of benzene rings is 3. The van der Waals surface area contributed by atoms with Crippen molar-refractivity contribution in [2.24, 2.45) is 0 Å². The quantitative estimate of drug-likeness (QED) is 0.547. The van der Waals surface area contributed by atoms with Gasteiger partial charge in [0, 0.05) is 18.7 Å². The summed E-state index contributed by atoms with van der Waals surface area (Å²) in [6.07, 6.45) is 0. The molecule has 0 fully saturated rings. The number of rotatable bonds is 2. The molecule has 1 aliphatic rings. The first kappa shape index (κ1) is 12.2. The second-order valence-electron chi connectivity index (χ2n) is 5.45. The van der Waals surface area contributed by atoms with Crippen LogP contribution in [0.1, 0.15) is 22.6 Å². The standard InChI is InChI=1S/C20H17N/c1-21-18-13-7-12-17-15-10-5-6-11-16(15)19(20(17)18)14-8-3-2-4-9-14/h2-13,19,21H,1H3. The largest absolute Gasteiger partial charge is 0.388 e. The summed E-state index contributed by atoms with van der Waals surface area (Å²) in [5.74, 6) is 0.320. The van der Waals surface area contributed by atoms with E-state index >= 15 is 0 Å². The van der Waals surface area contributed by atoms with E-state index in [2.05, 4.69) is 78.1 Å². The molecule has 0 aliphatic heterocycles. The molecule has 3 aromatic carbocycles. The Morgan fingerprint density at radius 2 is 1.43 bits per heavy atom. The topological polar surface area (TPSA) is 12.0 Å². The monoisotopic (exact) mass is 271 g/mol. The molecule has 0 saturated carbocycles. The molecule has 1 unspecified atom stereocenters. The van der Waals surface area contributed by atoms with Crippen molar-refractivity contribution in [3.63, 3.8) is 0 Å². The predicted molar refractivity (Wildman–Crippen MR) is 88.8 cm³/mol. The zero-order chi connectivity index (χ0) is 14.2. The van der Waals surface area contributed by atoms with E-state index in [9.17, 15) is 0 Å². The van der Waals surface area contributed by atoms with E-state index in [4.69, 9.17) is 0 Å². The molecule has 0 bridgehead atoms. The Morgan fingerprint density at radius 3 is 2.24 bits per heavy atom. The summed E-state index contributed by atoms with van der Waals surface area (Å²) in [6.45, 7) is 0. The molecule has 0 aromatic heterocycles. The lowest BCUT2D eigenvalue weighted by Crippen LogP contribution is -2.02. The van der Waals surface area contributed by atoms with E-state index in [1.54, 1.807) is 0 Å². The molecule has 4 rings (SSSR count). The van der Waals surface area contributed by atoms with Gasteiger partial charge in [-0.05, 0) is 33.9 Å². The summed E-state index contributed by atoms with van der Waals surface area (Å²) in [4.78, 5) is 0. The van der Waals surface area contributed by atoms with Crippen molar-refractivity contribution in [1.29, 1.82) is 0 Å². The Kier molecular flexibility index (Phi) is 2.78. The third kappa shape index (κ3) is 1.78. The third-order valence-corrected chi connectivity index (χ3v) is 4.36. The number of nitrogens with one attached hydrogen (secondary N) is 1. The van der Waals surface area contributed by atoms with Gasteiger partial charge >= 0.3 is 0 Å². The molecular formula is C20H17N. The number of hydrogen-bond acceptors (Lipinski definition) is 1. The third-order valence-electron chi connectivity index (χ3n) is 4.36. The van der Waals surface area contributed by atoms with Crippen LogP contribution in [0.2, 0.25) is 0 Å². The molecule has 1 N–H and O–H groups in total. The Labute approximate surface area is 125 Å². The Hall–Kier alpha value is -2.54. The second kappa shape index (κ2) is 4.78. The second-order valence-corrected chi connectivity index (χ2v) is 5.45. The van der Waals surface area contributed by atoms with Crippen molar-refractivity contribution in [2.75, 3.05) is 12.4 Å². The minimum absolute atomic E-state index is 0.320. The summed E-state index contributed by atoms with van der Waals surface area (Å²) < 4.78 is 0. The van der Waals surface area contributed by atoms with Gasteiger partial charge in [0.15, 0.2) is 0 Å². The maximum atomic E-state index is 3.36. The Bertz CT molecular complexity index is 790. The predicted octanol–water partition coefficient (Wildman–Crippen LogP) is 4.89. The highest BCUT2D eigenvalue weighted by molar-refractivity contribution is 5.85. The van der Waals surface area contributed by atoms with Crippen molar-refractivity contribution in [3.8, 4) is 11.1 Å². The van der Waals surface area contributed by atoms with Gasteiger partial charge in [-0.1, -0.05) is 66.7 Å². The molecule has 0 spiro atoms. The van der Waals surface area contributed by atoms with Crippen LogP contribution in [0.25, 0.3) is 11.1 Å². The lowest BCUT2D eigenvalue weighted by atomic mass is 9.88. The number of hydrogen-bond donors (Lipinski definition) is 1. The zero-order valence-electron chi connectivity index (χ0n) is 12.0. The summed E-state index contributed by atoms with van der Waals surface area (Å²) in [5, 5.41) is 3.36. The maximum absolute atomic E-state index is 3.36. The maximum Gasteiger partial charge on any atom is 0.0386 e. The Balaban J connectivity index is 2.04. The van der Waals surface area contributed by atoms with Gasteiger partial charge in [-0.2, -0.15) is 0 Å². The van der Waals surface area contributed by atoms with Gasteiger partial charge in [0.1, 0.15) is 0 Å². The van der Waals surface area contributed by atoms with Gasteiger partial charge in [-0.3, -0.25) is 0 Å². The van der Waals surface area contributed by atoms with Gasteiger partial charge in [0.25, 0.3) is 0 Å². The normalized spacial score (nSPS) is 15.4. The van der Waals surface area contributed by atoms with Gasteiger partial charge in [-0.15, -0.1) is 0 Å². The first-order chi connectivity index (χ1) is 10.4. The van der Waals surface area contributed by atoms with Gasteiger partial charge in [0.2, 0.25) is 0 Å².